The number of rotatable bonds is 3. The van der Waals surface area contributed by atoms with Crippen LogP contribution in [0, 0.1) is 0 Å². The minimum absolute atomic E-state index is 0.194. The van der Waals surface area contributed by atoms with Crippen molar-refractivity contribution in [2.24, 2.45) is 5.73 Å². The van der Waals surface area contributed by atoms with E-state index in [2.05, 4.69) is 0 Å². The maximum atomic E-state index is 12.6. The Morgan fingerprint density at radius 2 is 1.76 bits per heavy atom. The highest BCUT2D eigenvalue weighted by Crippen LogP contribution is 2.33. The highest BCUT2D eigenvalue weighted by atomic mass is 19.4. The molecule has 1 rings (SSSR count). The van der Waals surface area contributed by atoms with Gasteiger partial charge in [-0.15, -0.1) is 0 Å². The highest BCUT2D eigenvalue weighted by molar-refractivity contribution is 5.36. The monoisotopic (exact) mass is 247 g/mol. The summed E-state index contributed by atoms with van der Waals surface area (Å²) < 4.78 is 42.8. The first-order chi connectivity index (χ1) is 7.62. The molecule has 0 saturated heterocycles. The van der Waals surface area contributed by atoms with Crippen LogP contribution in [0.25, 0.3) is 0 Å². The Morgan fingerprint density at radius 1 is 1.18 bits per heavy atom. The van der Waals surface area contributed by atoms with Crippen LogP contribution in [0.2, 0.25) is 0 Å². The topological polar surface area (TPSA) is 35.2 Å². The van der Waals surface area contributed by atoms with Crippen molar-refractivity contribution in [3.8, 4) is 5.75 Å². The summed E-state index contributed by atoms with van der Waals surface area (Å²) in [5.74, 6) is 0.194. The lowest BCUT2D eigenvalue weighted by atomic mass is 9.95. The van der Waals surface area contributed by atoms with Crippen LogP contribution in [0.1, 0.15) is 25.0 Å². The van der Waals surface area contributed by atoms with Gasteiger partial charge in [0.1, 0.15) is 5.75 Å². The van der Waals surface area contributed by atoms with E-state index in [4.69, 9.17) is 10.5 Å². The van der Waals surface area contributed by atoms with Gasteiger partial charge in [-0.1, -0.05) is 0 Å². The summed E-state index contributed by atoms with van der Waals surface area (Å²) in [6.07, 6.45) is -4.02. The summed E-state index contributed by atoms with van der Waals surface area (Å²) in [5.41, 5.74) is 5.04. The molecule has 0 atom stereocenters. The van der Waals surface area contributed by atoms with E-state index in [-0.39, 0.29) is 5.75 Å². The van der Waals surface area contributed by atoms with Crippen LogP contribution in [-0.4, -0.2) is 12.6 Å². The molecule has 1 aromatic carbocycles. The Labute approximate surface area is 98.6 Å². The minimum atomic E-state index is -4.37. The van der Waals surface area contributed by atoms with Gasteiger partial charge >= 0.3 is 6.18 Å². The SMILES string of the molecule is COc1cc(CC(C)(C)N)cc(C(F)(F)F)c1. The van der Waals surface area contributed by atoms with Crippen molar-refractivity contribution in [1.29, 1.82) is 0 Å². The van der Waals surface area contributed by atoms with Crippen LogP contribution in [0.4, 0.5) is 13.2 Å². The lowest BCUT2D eigenvalue weighted by molar-refractivity contribution is -0.137. The third kappa shape index (κ3) is 4.26. The standard InChI is InChI=1S/C12H16F3NO/c1-11(2,16)7-8-4-9(12(13,14)15)6-10(5-8)17-3/h4-6H,7,16H2,1-3H3. The summed E-state index contributed by atoms with van der Waals surface area (Å²) in [5, 5.41) is 0. The molecule has 0 aliphatic carbocycles. The number of nitrogens with two attached hydrogens (primary N) is 1. The molecule has 0 bridgehead atoms. The van der Waals surface area contributed by atoms with Gasteiger partial charge in [-0.05, 0) is 44.0 Å². The molecule has 0 amide bonds. The molecule has 0 unspecified atom stereocenters. The molecule has 0 aliphatic heterocycles. The van der Waals surface area contributed by atoms with Crippen LogP contribution in [0.5, 0.6) is 5.75 Å². The summed E-state index contributed by atoms with van der Waals surface area (Å²) >= 11 is 0. The number of hydrogen-bond donors (Lipinski definition) is 1. The molecular formula is C12H16F3NO. The van der Waals surface area contributed by atoms with Crippen molar-refractivity contribution in [1.82, 2.24) is 0 Å². The molecule has 5 heteroatoms. The van der Waals surface area contributed by atoms with Crippen molar-refractivity contribution in [3.05, 3.63) is 29.3 Å². The molecule has 0 fully saturated rings. The van der Waals surface area contributed by atoms with E-state index >= 15 is 0 Å². The van der Waals surface area contributed by atoms with E-state index in [1.165, 1.54) is 7.11 Å². The Morgan fingerprint density at radius 3 is 2.18 bits per heavy atom. The average molecular weight is 247 g/mol. The number of methoxy groups -OCH3 is 1. The first-order valence-corrected chi connectivity index (χ1v) is 5.16. The first kappa shape index (κ1) is 13.8. The van der Waals surface area contributed by atoms with Gasteiger partial charge in [0.15, 0.2) is 0 Å². The third-order valence-electron chi connectivity index (χ3n) is 2.19. The molecule has 2 nitrogen and oxygen atoms in total. The van der Waals surface area contributed by atoms with Crippen LogP contribution >= 0.6 is 0 Å². The maximum Gasteiger partial charge on any atom is 0.416 e. The first-order valence-electron chi connectivity index (χ1n) is 5.16. The van der Waals surface area contributed by atoms with Crippen LogP contribution in [0.3, 0.4) is 0 Å². The van der Waals surface area contributed by atoms with E-state index in [1.807, 2.05) is 0 Å². The van der Waals surface area contributed by atoms with Gasteiger partial charge in [0.05, 0.1) is 12.7 Å². The second-order valence-electron chi connectivity index (χ2n) is 4.73. The Kier molecular flexibility index (Phi) is 3.71. The number of hydrogen-bond acceptors (Lipinski definition) is 2. The molecule has 17 heavy (non-hydrogen) atoms. The average Bonchev–Trinajstić information content (AvgIpc) is 2.13. The number of alkyl halides is 3. The highest BCUT2D eigenvalue weighted by Gasteiger charge is 2.31. The third-order valence-corrected chi connectivity index (χ3v) is 2.19. The Hall–Kier alpha value is -1.23. The van der Waals surface area contributed by atoms with Crippen LogP contribution in [0.15, 0.2) is 18.2 Å². The zero-order valence-corrected chi connectivity index (χ0v) is 10.1. The summed E-state index contributed by atoms with van der Waals surface area (Å²) in [4.78, 5) is 0. The zero-order chi connectivity index (χ0) is 13.3. The second-order valence-corrected chi connectivity index (χ2v) is 4.73. The normalized spacial score (nSPS) is 12.6. The second kappa shape index (κ2) is 4.56. The number of benzene rings is 1. The van der Waals surface area contributed by atoms with Crippen molar-refractivity contribution >= 4 is 0 Å². The summed E-state index contributed by atoms with van der Waals surface area (Å²) in [6.45, 7) is 3.53. The molecule has 0 aromatic heterocycles. The molecule has 0 radical (unpaired) electrons. The summed E-state index contributed by atoms with van der Waals surface area (Å²) in [6, 6.07) is 3.66. The Bertz CT molecular complexity index is 394. The summed E-state index contributed by atoms with van der Waals surface area (Å²) in [7, 11) is 1.34. The van der Waals surface area contributed by atoms with Gasteiger partial charge in [-0.25, -0.2) is 0 Å². The molecule has 1 aromatic rings. The van der Waals surface area contributed by atoms with Crippen molar-refractivity contribution in [3.63, 3.8) is 0 Å². The number of ether oxygens (including phenoxy) is 1. The quantitative estimate of drug-likeness (QED) is 0.891. The predicted molar refractivity (Wildman–Crippen MR) is 60.0 cm³/mol. The van der Waals surface area contributed by atoms with Gasteiger partial charge < -0.3 is 10.5 Å². The zero-order valence-electron chi connectivity index (χ0n) is 10.1. The molecule has 0 aliphatic rings. The smallest absolute Gasteiger partial charge is 0.416 e. The molecule has 2 N–H and O–H groups in total. The van der Waals surface area contributed by atoms with Gasteiger partial charge in [0.2, 0.25) is 0 Å². The fraction of sp³-hybridized carbons (Fsp3) is 0.500. The predicted octanol–water partition coefficient (Wildman–Crippen LogP) is 2.99. The molecule has 96 valence electrons. The largest absolute Gasteiger partial charge is 0.497 e. The molecule has 0 saturated carbocycles. The van der Waals surface area contributed by atoms with E-state index < -0.39 is 17.3 Å². The Balaban J connectivity index is 3.15. The molecule has 0 spiro atoms. The van der Waals surface area contributed by atoms with Gasteiger partial charge in [0.25, 0.3) is 0 Å². The lowest BCUT2D eigenvalue weighted by Crippen LogP contribution is -2.34. The fourth-order valence-electron chi connectivity index (χ4n) is 1.57. The fourth-order valence-corrected chi connectivity index (χ4v) is 1.57. The van der Waals surface area contributed by atoms with Crippen molar-refractivity contribution in [2.75, 3.05) is 7.11 Å². The van der Waals surface area contributed by atoms with Crippen molar-refractivity contribution in [2.45, 2.75) is 32.0 Å². The van der Waals surface area contributed by atoms with Crippen molar-refractivity contribution < 1.29 is 17.9 Å². The van der Waals surface area contributed by atoms with Gasteiger partial charge in [-0.2, -0.15) is 13.2 Å². The van der Waals surface area contributed by atoms with Crippen LogP contribution < -0.4 is 10.5 Å². The van der Waals surface area contributed by atoms with E-state index in [1.54, 1.807) is 19.9 Å². The van der Waals surface area contributed by atoms with E-state index in [0.717, 1.165) is 12.1 Å². The number of halogens is 3. The van der Waals surface area contributed by atoms with Gasteiger partial charge in [-0.3, -0.25) is 0 Å². The van der Waals surface area contributed by atoms with Crippen LogP contribution in [-0.2, 0) is 12.6 Å². The van der Waals surface area contributed by atoms with E-state index in [0.29, 0.717) is 12.0 Å². The van der Waals surface area contributed by atoms with Gasteiger partial charge in [0, 0.05) is 5.54 Å². The van der Waals surface area contributed by atoms with E-state index in [9.17, 15) is 13.2 Å². The molecular weight excluding hydrogens is 231 g/mol. The lowest BCUT2D eigenvalue weighted by Gasteiger charge is -2.20. The minimum Gasteiger partial charge on any atom is -0.497 e. The maximum absolute atomic E-state index is 12.6. The molecule has 0 heterocycles.